The maximum atomic E-state index is 11.4. The van der Waals surface area contributed by atoms with Gasteiger partial charge in [-0.15, -0.1) is 0 Å². The van der Waals surface area contributed by atoms with E-state index >= 15 is 0 Å². The van der Waals surface area contributed by atoms with Crippen LogP contribution in [-0.2, 0) is 16.6 Å². The van der Waals surface area contributed by atoms with E-state index in [0.29, 0.717) is 11.9 Å². The van der Waals surface area contributed by atoms with Crippen LogP contribution in [0.4, 0.5) is 5.82 Å². The summed E-state index contributed by atoms with van der Waals surface area (Å²) >= 11 is 0. The fraction of sp³-hybridized carbons (Fsp3) is 0.476. The van der Waals surface area contributed by atoms with E-state index in [2.05, 4.69) is 35.3 Å². The van der Waals surface area contributed by atoms with Gasteiger partial charge < -0.3 is 15.2 Å². The molecule has 4 heterocycles. The quantitative estimate of drug-likeness (QED) is 0.573. The average molecular weight is 442 g/mol. The Morgan fingerprint density at radius 2 is 2.03 bits per heavy atom. The van der Waals surface area contributed by atoms with Gasteiger partial charge in [0.15, 0.2) is 0 Å². The first-order valence-electron chi connectivity index (χ1n) is 10.6. The zero-order valence-electron chi connectivity index (χ0n) is 17.5. The fourth-order valence-corrected chi connectivity index (χ4v) is 4.99. The van der Waals surface area contributed by atoms with Crippen LogP contribution in [-0.4, -0.2) is 58.7 Å². The lowest BCUT2D eigenvalue weighted by Crippen LogP contribution is -2.43. The Hall–Kier alpha value is -2.56. The number of likely N-dealkylation sites (tertiary alicyclic amines) is 1. The topological polar surface area (TPSA) is 119 Å². The Kier molecular flexibility index (Phi) is 5.15. The number of nitrogens with zero attached hydrogens (tertiary/aromatic N) is 5. The maximum Gasteiger partial charge on any atom is 0.209 e. The van der Waals surface area contributed by atoms with Crippen LogP contribution in [0.1, 0.15) is 30.9 Å². The molecule has 0 unspecified atom stereocenters. The summed E-state index contributed by atoms with van der Waals surface area (Å²) < 4.78 is 27.6. The smallest absolute Gasteiger partial charge is 0.209 e. The van der Waals surface area contributed by atoms with E-state index in [0.717, 1.165) is 52.7 Å². The molecule has 10 heteroatoms. The molecule has 2 fully saturated rings. The molecular formula is C21H27N7O2S. The molecule has 1 aliphatic heterocycles. The highest BCUT2D eigenvalue weighted by Crippen LogP contribution is 2.43. The number of fused-ring (bicyclic) bond motifs is 1. The summed E-state index contributed by atoms with van der Waals surface area (Å²) in [6.07, 6.45) is 11.8. The lowest BCUT2D eigenvalue weighted by molar-refractivity contribution is 0.0921. The van der Waals surface area contributed by atoms with E-state index in [9.17, 15) is 8.42 Å². The summed E-state index contributed by atoms with van der Waals surface area (Å²) in [6.45, 7) is 3.85. The van der Waals surface area contributed by atoms with Crippen LogP contribution in [0.25, 0.3) is 22.2 Å². The van der Waals surface area contributed by atoms with Gasteiger partial charge in [0.2, 0.25) is 10.0 Å². The minimum absolute atomic E-state index is 0.186. The zero-order valence-corrected chi connectivity index (χ0v) is 18.3. The van der Waals surface area contributed by atoms with Gasteiger partial charge in [0.05, 0.1) is 11.6 Å². The third kappa shape index (κ3) is 4.15. The molecule has 9 nitrogen and oxygen atoms in total. The average Bonchev–Trinajstić information content (AvgIpc) is 3.04. The Labute approximate surface area is 181 Å². The van der Waals surface area contributed by atoms with Crippen LogP contribution < -0.4 is 10.5 Å². The standard InChI is InChI=1S/C21H27N7O2S/c1-31(29,30)26-9-15-5-16(10-23-8-15)18-12-28(21-19(18)20(22)24-13-25-21)17-6-14(7-17)11-27-3-2-4-27/h5,8,10,12-14,17,26H,2-4,6-7,9,11H2,1H3,(H2,22,24,25)/t14-,17+. The summed E-state index contributed by atoms with van der Waals surface area (Å²) in [6, 6.07) is 2.34. The normalized spacial score (nSPS) is 21.7. The predicted molar refractivity (Wildman–Crippen MR) is 120 cm³/mol. The zero-order chi connectivity index (χ0) is 21.6. The number of hydrogen-bond acceptors (Lipinski definition) is 7. The van der Waals surface area contributed by atoms with Crippen molar-refractivity contribution in [3.63, 3.8) is 0 Å². The molecule has 3 aromatic rings. The van der Waals surface area contributed by atoms with Gasteiger partial charge in [-0.25, -0.2) is 23.1 Å². The molecule has 5 rings (SSSR count). The number of sulfonamides is 1. The maximum absolute atomic E-state index is 11.4. The van der Waals surface area contributed by atoms with Crippen molar-refractivity contribution in [3.8, 4) is 11.1 Å². The van der Waals surface area contributed by atoms with Crippen molar-refractivity contribution in [1.29, 1.82) is 0 Å². The van der Waals surface area contributed by atoms with Crippen molar-refractivity contribution < 1.29 is 8.42 Å². The first kappa shape index (κ1) is 20.3. The molecule has 0 atom stereocenters. The number of nitrogens with one attached hydrogen (secondary N) is 1. The molecule has 164 valence electrons. The molecular weight excluding hydrogens is 414 g/mol. The number of aromatic nitrogens is 4. The Morgan fingerprint density at radius 3 is 2.74 bits per heavy atom. The molecule has 2 aliphatic rings. The SMILES string of the molecule is CS(=O)(=O)NCc1cncc(-c2cn([C@H]3C[C@@H](CN4CCC4)C3)c3ncnc(N)c23)c1. The third-order valence-electron chi connectivity index (χ3n) is 6.35. The van der Waals surface area contributed by atoms with Gasteiger partial charge in [0, 0.05) is 48.8 Å². The van der Waals surface area contributed by atoms with Crippen molar-refractivity contribution in [2.24, 2.45) is 5.92 Å². The van der Waals surface area contributed by atoms with Crippen molar-refractivity contribution in [1.82, 2.24) is 29.1 Å². The number of nitrogens with two attached hydrogens (primary N) is 1. The summed E-state index contributed by atoms with van der Waals surface area (Å²) in [5.74, 6) is 1.17. The second-order valence-corrected chi connectivity index (χ2v) is 10.6. The monoisotopic (exact) mass is 441 g/mol. The van der Waals surface area contributed by atoms with Gasteiger partial charge in [-0.2, -0.15) is 0 Å². The Balaban J connectivity index is 1.44. The summed E-state index contributed by atoms with van der Waals surface area (Å²) in [4.78, 5) is 15.6. The van der Waals surface area contributed by atoms with E-state index in [-0.39, 0.29) is 6.54 Å². The molecule has 3 N–H and O–H groups in total. The molecule has 0 amide bonds. The molecule has 1 saturated carbocycles. The number of hydrogen-bond donors (Lipinski definition) is 2. The van der Waals surface area contributed by atoms with E-state index in [1.54, 1.807) is 12.4 Å². The van der Waals surface area contributed by atoms with Crippen LogP contribution in [0, 0.1) is 5.92 Å². The Morgan fingerprint density at radius 1 is 1.23 bits per heavy atom. The number of pyridine rings is 1. The van der Waals surface area contributed by atoms with Gasteiger partial charge >= 0.3 is 0 Å². The molecule has 3 aromatic heterocycles. The van der Waals surface area contributed by atoms with Crippen LogP contribution in [0.2, 0.25) is 0 Å². The van der Waals surface area contributed by atoms with Gasteiger partial charge in [0.1, 0.15) is 17.8 Å². The van der Waals surface area contributed by atoms with Gasteiger partial charge in [-0.3, -0.25) is 4.98 Å². The van der Waals surface area contributed by atoms with Crippen LogP contribution in [0.15, 0.2) is 31.0 Å². The number of rotatable bonds is 7. The number of anilines is 1. The number of nitrogen functional groups attached to an aromatic ring is 1. The van der Waals surface area contributed by atoms with Gasteiger partial charge in [-0.05, 0) is 49.9 Å². The summed E-state index contributed by atoms with van der Waals surface area (Å²) in [5, 5.41) is 0.823. The van der Waals surface area contributed by atoms with Crippen molar-refractivity contribution in [2.75, 3.05) is 31.6 Å². The van der Waals surface area contributed by atoms with Crippen molar-refractivity contribution in [2.45, 2.75) is 31.8 Å². The predicted octanol–water partition coefficient (Wildman–Crippen LogP) is 1.78. The van der Waals surface area contributed by atoms with E-state index in [1.165, 1.54) is 32.4 Å². The highest BCUT2D eigenvalue weighted by molar-refractivity contribution is 7.88. The van der Waals surface area contributed by atoms with Crippen LogP contribution in [0.3, 0.4) is 0 Å². The minimum Gasteiger partial charge on any atom is -0.383 e. The summed E-state index contributed by atoms with van der Waals surface area (Å²) in [7, 11) is -3.28. The first-order chi connectivity index (χ1) is 14.9. The third-order valence-corrected chi connectivity index (χ3v) is 7.02. The lowest BCUT2D eigenvalue weighted by Gasteiger charge is -2.42. The first-order valence-corrected chi connectivity index (χ1v) is 12.5. The highest BCUT2D eigenvalue weighted by Gasteiger charge is 2.34. The summed E-state index contributed by atoms with van der Waals surface area (Å²) in [5.41, 5.74) is 9.67. The second-order valence-electron chi connectivity index (χ2n) is 8.73. The van der Waals surface area contributed by atoms with E-state index in [1.807, 2.05) is 6.07 Å². The molecule has 1 saturated heterocycles. The molecule has 0 radical (unpaired) electrons. The molecule has 0 spiro atoms. The molecule has 0 bridgehead atoms. The van der Waals surface area contributed by atoms with Crippen molar-refractivity contribution >= 4 is 26.9 Å². The molecule has 1 aliphatic carbocycles. The highest BCUT2D eigenvalue weighted by atomic mass is 32.2. The lowest BCUT2D eigenvalue weighted by atomic mass is 9.79. The second kappa shape index (κ2) is 7.85. The minimum atomic E-state index is -3.28. The van der Waals surface area contributed by atoms with Crippen LogP contribution in [0.5, 0.6) is 0 Å². The van der Waals surface area contributed by atoms with Crippen LogP contribution >= 0.6 is 0 Å². The molecule has 31 heavy (non-hydrogen) atoms. The fourth-order valence-electron chi connectivity index (χ4n) is 4.56. The van der Waals surface area contributed by atoms with Gasteiger partial charge in [0.25, 0.3) is 0 Å². The van der Waals surface area contributed by atoms with Crippen molar-refractivity contribution in [3.05, 3.63) is 36.5 Å². The largest absolute Gasteiger partial charge is 0.383 e. The Bertz CT molecular complexity index is 1210. The van der Waals surface area contributed by atoms with E-state index in [4.69, 9.17) is 5.73 Å². The molecule has 0 aromatic carbocycles. The van der Waals surface area contributed by atoms with Gasteiger partial charge in [-0.1, -0.05) is 0 Å². The van der Waals surface area contributed by atoms with E-state index < -0.39 is 10.0 Å².